The molecule has 0 saturated carbocycles. The molecule has 72 valence electrons. The SMILES string of the molecule is Cc1nnc2n1CCSc1sccc1-2. The van der Waals surface area contributed by atoms with Crippen LogP contribution in [0.15, 0.2) is 15.7 Å². The first-order chi connectivity index (χ1) is 6.86. The zero-order chi connectivity index (χ0) is 9.54. The molecule has 0 spiro atoms. The first kappa shape index (κ1) is 8.49. The van der Waals surface area contributed by atoms with Crippen LogP contribution in [0.4, 0.5) is 0 Å². The Morgan fingerprint density at radius 1 is 1.43 bits per heavy atom. The van der Waals surface area contributed by atoms with Crippen LogP contribution in [0, 0.1) is 6.92 Å². The lowest BCUT2D eigenvalue weighted by Gasteiger charge is -2.01. The second-order valence-corrected chi connectivity index (χ2v) is 5.47. The van der Waals surface area contributed by atoms with Crippen LogP contribution in [-0.2, 0) is 6.54 Å². The van der Waals surface area contributed by atoms with E-state index in [0.717, 1.165) is 23.9 Å². The lowest BCUT2D eigenvalue weighted by atomic mass is 10.3. The van der Waals surface area contributed by atoms with Crippen LogP contribution in [0.5, 0.6) is 0 Å². The predicted molar refractivity (Wildman–Crippen MR) is 58.8 cm³/mol. The van der Waals surface area contributed by atoms with Crippen molar-refractivity contribution >= 4 is 23.1 Å². The molecule has 14 heavy (non-hydrogen) atoms. The molecule has 1 aliphatic rings. The van der Waals surface area contributed by atoms with Crippen molar-refractivity contribution < 1.29 is 0 Å². The molecule has 0 atom stereocenters. The second kappa shape index (κ2) is 3.10. The van der Waals surface area contributed by atoms with Gasteiger partial charge in [-0.25, -0.2) is 0 Å². The molecular formula is C9H9N3S2. The molecule has 5 heteroatoms. The molecule has 0 radical (unpaired) electrons. The largest absolute Gasteiger partial charge is 0.310 e. The van der Waals surface area contributed by atoms with Crippen molar-refractivity contribution in [2.45, 2.75) is 17.7 Å². The molecule has 3 nitrogen and oxygen atoms in total. The van der Waals surface area contributed by atoms with Crippen LogP contribution >= 0.6 is 23.1 Å². The Morgan fingerprint density at radius 3 is 3.29 bits per heavy atom. The highest BCUT2D eigenvalue weighted by atomic mass is 32.2. The molecular weight excluding hydrogens is 214 g/mol. The van der Waals surface area contributed by atoms with Gasteiger partial charge in [0.2, 0.25) is 0 Å². The monoisotopic (exact) mass is 223 g/mol. The average Bonchev–Trinajstić information content (AvgIpc) is 2.72. The van der Waals surface area contributed by atoms with E-state index >= 15 is 0 Å². The molecule has 2 aromatic heterocycles. The van der Waals surface area contributed by atoms with E-state index in [-0.39, 0.29) is 0 Å². The fourth-order valence-corrected chi connectivity index (χ4v) is 3.73. The number of hydrogen-bond acceptors (Lipinski definition) is 4. The molecule has 1 aliphatic heterocycles. The molecule has 0 unspecified atom stereocenters. The van der Waals surface area contributed by atoms with Gasteiger partial charge in [0, 0.05) is 17.9 Å². The highest BCUT2D eigenvalue weighted by Crippen LogP contribution is 2.37. The van der Waals surface area contributed by atoms with E-state index in [4.69, 9.17) is 0 Å². The van der Waals surface area contributed by atoms with Crippen molar-refractivity contribution in [2.24, 2.45) is 0 Å². The molecule has 3 rings (SSSR count). The van der Waals surface area contributed by atoms with E-state index in [1.54, 1.807) is 11.3 Å². The van der Waals surface area contributed by atoms with Gasteiger partial charge in [0.05, 0.1) is 4.21 Å². The molecule has 0 aromatic carbocycles. The minimum atomic E-state index is 1.01. The Bertz CT molecular complexity index is 472. The van der Waals surface area contributed by atoms with Gasteiger partial charge < -0.3 is 4.57 Å². The average molecular weight is 223 g/mol. The fourth-order valence-electron chi connectivity index (χ4n) is 1.65. The number of aryl methyl sites for hydroxylation is 1. The Balaban J connectivity index is 2.27. The third kappa shape index (κ3) is 1.12. The first-order valence-electron chi connectivity index (χ1n) is 4.47. The van der Waals surface area contributed by atoms with E-state index in [1.165, 1.54) is 9.77 Å². The Labute approximate surface area is 90.2 Å². The number of fused-ring (bicyclic) bond motifs is 3. The fraction of sp³-hybridized carbons (Fsp3) is 0.333. The summed E-state index contributed by atoms with van der Waals surface area (Å²) in [6.45, 7) is 3.03. The maximum atomic E-state index is 4.24. The summed E-state index contributed by atoms with van der Waals surface area (Å²) in [4.78, 5) is 0. The lowest BCUT2D eigenvalue weighted by Crippen LogP contribution is -2.02. The smallest absolute Gasteiger partial charge is 0.165 e. The van der Waals surface area contributed by atoms with Crippen LogP contribution in [0.2, 0.25) is 0 Å². The molecule has 0 aliphatic carbocycles. The summed E-state index contributed by atoms with van der Waals surface area (Å²) in [7, 11) is 0. The molecule has 0 bridgehead atoms. The van der Waals surface area contributed by atoms with Gasteiger partial charge in [-0.3, -0.25) is 0 Å². The van der Waals surface area contributed by atoms with Crippen molar-refractivity contribution in [2.75, 3.05) is 5.75 Å². The van der Waals surface area contributed by atoms with Gasteiger partial charge in [-0.05, 0) is 18.4 Å². The second-order valence-electron chi connectivity index (χ2n) is 3.19. The normalized spacial score (nSPS) is 14.6. The predicted octanol–water partition coefficient (Wildman–Crippen LogP) is 2.42. The Hall–Kier alpha value is -0.810. The summed E-state index contributed by atoms with van der Waals surface area (Å²) in [5.74, 6) is 3.16. The molecule has 0 amide bonds. The molecule has 2 aromatic rings. The summed E-state index contributed by atoms with van der Waals surface area (Å²) in [6, 6.07) is 2.14. The first-order valence-corrected chi connectivity index (χ1v) is 6.33. The van der Waals surface area contributed by atoms with Crippen LogP contribution in [0.25, 0.3) is 11.4 Å². The van der Waals surface area contributed by atoms with Crippen LogP contribution in [0.1, 0.15) is 5.82 Å². The Morgan fingerprint density at radius 2 is 2.36 bits per heavy atom. The zero-order valence-corrected chi connectivity index (χ0v) is 9.36. The summed E-state index contributed by atoms with van der Waals surface area (Å²) >= 11 is 3.71. The third-order valence-corrected chi connectivity index (χ3v) is 4.57. The van der Waals surface area contributed by atoms with Gasteiger partial charge >= 0.3 is 0 Å². The van der Waals surface area contributed by atoms with Crippen molar-refractivity contribution in [1.82, 2.24) is 14.8 Å². The van der Waals surface area contributed by atoms with E-state index in [2.05, 4.69) is 26.2 Å². The topological polar surface area (TPSA) is 30.7 Å². The van der Waals surface area contributed by atoms with Crippen LogP contribution in [-0.4, -0.2) is 20.5 Å². The summed E-state index contributed by atoms with van der Waals surface area (Å²) in [6.07, 6.45) is 0. The number of thiophene rings is 1. The Kier molecular flexibility index (Phi) is 1.88. The van der Waals surface area contributed by atoms with Gasteiger partial charge in [-0.2, -0.15) is 0 Å². The van der Waals surface area contributed by atoms with E-state index in [0.29, 0.717) is 0 Å². The van der Waals surface area contributed by atoms with Gasteiger partial charge in [0.15, 0.2) is 5.82 Å². The molecule has 0 saturated heterocycles. The highest BCUT2D eigenvalue weighted by Gasteiger charge is 2.18. The number of rotatable bonds is 0. The van der Waals surface area contributed by atoms with E-state index in [9.17, 15) is 0 Å². The van der Waals surface area contributed by atoms with Gasteiger partial charge in [-0.15, -0.1) is 33.3 Å². The summed E-state index contributed by atoms with van der Waals surface area (Å²) in [5, 5.41) is 10.5. The number of nitrogens with zero attached hydrogens (tertiary/aromatic N) is 3. The number of hydrogen-bond donors (Lipinski definition) is 0. The summed E-state index contributed by atoms with van der Waals surface area (Å²) < 4.78 is 3.57. The standard InChI is InChI=1S/C9H9N3S2/c1-6-10-11-8-7-2-4-13-9(7)14-5-3-12(6)8/h2,4H,3,5H2,1H3. The molecule has 0 fully saturated rings. The van der Waals surface area contributed by atoms with Gasteiger partial charge in [0.25, 0.3) is 0 Å². The number of aromatic nitrogens is 3. The van der Waals surface area contributed by atoms with Crippen LogP contribution < -0.4 is 0 Å². The quantitative estimate of drug-likeness (QED) is 0.687. The number of thioether (sulfide) groups is 1. The highest BCUT2D eigenvalue weighted by molar-refractivity contribution is 8.01. The summed E-state index contributed by atoms with van der Waals surface area (Å²) in [5.41, 5.74) is 1.25. The zero-order valence-electron chi connectivity index (χ0n) is 7.73. The molecule has 3 heterocycles. The minimum absolute atomic E-state index is 1.01. The lowest BCUT2D eigenvalue weighted by molar-refractivity contribution is 0.747. The van der Waals surface area contributed by atoms with E-state index < -0.39 is 0 Å². The molecule has 0 N–H and O–H groups in total. The maximum absolute atomic E-state index is 4.24. The van der Waals surface area contributed by atoms with Crippen molar-refractivity contribution in [1.29, 1.82) is 0 Å². The van der Waals surface area contributed by atoms with Crippen molar-refractivity contribution in [3.8, 4) is 11.4 Å². The minimum Gasteiger partial charge on any atom is -0.310 e. The van der Waals surface area contributed by atoms with Gasteiger partial charge in [0.1, 0.15) is 5.82 Å². The van der Waals surface area contributed by atoms with Crippen molar-refractivity contribution in [3.63, 3.8) is 0 Å². The van der Waals surface area contributed by atoms with E-state index in [1.807, 2.05) is 18.7 Å². The van der Waals surface area contributed by atoms with Crippen molar-refractivity contribution in [3.05, 3.63) is 17.3 Å². The third-order valence-electron chi connectivity index (χ3n) is 2.35. The van der Waals surface area contributed by atoms with Crippen LogP contribution in [0.3, 0.4) is 0 Å². The maximum Gasteiger partial charge on any atom is 0.165 e. The van der Waals surface area contributed by atoms with Gasteiger partial charge in [-0.1, -0.05) is 0 Å².